The zero-order valence-electron chi connectivity index (χ0n) is 20.6. The Labute approximate surface area is 226 Å². The second-order valence-corrected chi connectivity index (χ2v) is 9.25. The Morgan fingerprint density at radius 3 is 2.08 bits per heavy atom. The maximum Gasteiger partial charge on any atom is 0.326 e. The number of carboxylic acids is 3. The molecule has 0 aliphatic rings. The third-order valence-electron chi connectivity index (χ3n) is 5.03. The zero-order chi connectivity index (χ0) is 29.7. The average molecular weight is 574 g/mol. The van der Waals surface area contributed by atoms with Crippen LogP contribution in [0.4, 0.5) is 0 Å². The quantitative estimate of drug-likeness (QED) is 0.0682. The van der Waals surface area contributed by atoms with Gasteiger partial charge in [0, 0.05) is 31.6 Å². The average Bonchev–Trinajstić information content (AvgIpc) is 2.85. The van der Waals surface area contributed by atoms with Gasteiger partial charge in [-0.25, -0.2) is 4.79 Å². The van der Waals surface area contributed by atoms with Crippen LogP contribution >= 0.6 is 11.8 Å². The predicted octanol–water partition coefficient (Wildman–Crippen LogP) is -2.47. The number of carboxylic acid groups (broad SMARTS) is 3. The molecule has 3 amide bonds. The minimum Gasteiger partial charge on any atom is -0.504 e. The summed E-state index contributed by atoms with van der Waals surface area (Å²) in [5.41, 5.74) is 10.9. The van der Waals surface area contributed by atoms with Crippen LogP contribution in [0.15, 0.2) is 17.0 Å². The molecule has 1 aromatic rings. The molecule has 0 spiro atoms. The van der Waals surface area contributed by atoms with Crippen LogP contribution in [0.5, 0.6) is 11.5 Å². The highest BCUT2D eigenvalue weighted by Crippen LogP contribution is 2.37. The Morgan fingerprint density at radius 1 is 0.897 bits per heavy atom. The van der Waals surface area contributed by atoms with E-state index in [1.54, 1.807) is 0 Å². The van der Waals surface area contributed by atoms with E-state index in [2.05, 4.69) is 16.0 Å². The number of benzene rings is 1. The molecule has 12 N–H and O–H groups in total. The van der Waals surface area contributed by atoms with Gasteiger partial charge in [0.15, 0.2) is 11.5 Å². The number of aromatic hydroxyl groups is 2. The number of amides is 3. The molecule has 0 saturated heterocycles. The minimum absolute atomic E-state index is 0.00304. The fourth-order valence-corrected chi connectivity index (χ4v) is 4.09. The van der Waals surface area contributed by atoms with E-state index >= 15 is 0 Å². The van der Waals surface area contributed by atoms with Gasteiger partial charge in [0.1, 0.15) is 24.7 Å². The summed E-state index contributed by atoms with van der Waals surface area (Å²) in [6.07, 6.45) is -0.975. The van der Waals surface area contributed by atoms with Crippen LogP contribution in [0.3, 0.4) is 0 Å². The van der Waals surface area contributed by atoms with Crippen molar-refractivity contribution in [1.29, 1.82) is 0 Å². The van der Waals surface area contributed by atoms with Crippen LogP contribution in [0.2, 0.25) is 0 Å². The largest absolute Gasteiger partial charge is 0.504 e. The smallest absolute Gasteiger partial charge is 0.326 e. The number of nitrogens with two attached hydrogens (primary N) is 2. The number of carbonyl (C=O) groups excluding carboxylic acids is 3. The van der Waals surface area contributed by atoms with Gasteiger partial charge < -0.3 is 53.0 Å². The molecule has 39 heavy (non-hydrogen) atoms. The summed E-state index contributed by atoms with van der Waals surface area (Å²) >= 11 is 0.772. The van der Waals surface area contributed by atoms with Crippen molar-refractivity contribution in [2.24, 2.45) is 11.5 Å². The Bertz CT molecular complexity index is 1080. The first kappa shape index (κ1) is 32.9. The Kier molecular flexibility index (Phi) is 13.5. The molecule has 0 bridgehead atoms. The summed E-state index contributed by atoms with van der Waals surface area (Å²) in [6, 6.07) is -1.64. The molecular formula is C22H31N5O11S. The third-order valence-corrected chi connectivity index (χ3v) is 6.15. The monoisotopic (exact) mass is 573 g/mol. The lowest BCUT2D eigenvalue weighted by Gasteiger charge is -2.19. The van der Waals surface area contributed by atoms with E-state index in [1.807, 2.05) is 0 Å². The van der Waals surface area contributed by atoms with E-state index in [0.29, 0.717) is 0 Å². The standard InChI is InChI=1S/C22H31N5O11S/c23-4-3-17(30)26-12(22(37)38)5-10-6-14(28)19(33)15(7-10)39-9-13(20(34)25-8-18(31)32)27-16(29)2-1-11(24)21(35)36/h6-7,11-13,28,33H,1-5,8-9,23-24H2,(H,25,34)(H,26,30)(H,27,29)(H,31,32)(H,35,36)(H,37,38)/t11-,12+,13-/m0/s1. The fourth-order valence-electron chi connectivity index (χ4n) is 3.03. The molecule has 0 heterocycles. The molecule has 0 unspecified atom stereocenters. The van der Waals surface area contributed by atoms with E-state index in [4.69, 9.17) is 21.7 Å². The van der Waals surface area contributed by atoms with E-state index in [1.165, 1.54) is 6.07 Å². The number of phenols is 2. The van der Waals surface area contributed by atoms with Crippen molar-refractivity contribution in [2.75, 3.05) is 18.8 Å². The van der Waals surface area contributed by atoms with Gasteiger partial charge in [0.25, 0.3) is 0 Å². The molecule has 0 saturated carbocycles. The van der Waals surface area contributed by atoms with Gasteiger partial charge in [-0.15, -0.1) is 11.8 Å². The van der Waals surface area contributed by atoms with Crippen molar-refractivity contribution in [3.63, 3.8) is 0 Å². The third kappa shape index (κ3) is 11.9. The predicted molar refractivity (Wildman–Crippen MR) is 135 cm³/mol. The molecule has 0 aromatic heterocycles. The summed E-state index contributed by atoms with van der Waals surface area (Å²) in [7, 11) is 0. The van der Waals surface area contributed by atoms with E-state index < -0.39 is 71.8 Å². The molecule has 1 rings (SSSR count). The van der Waals surface area contributed by atoms with Crippen molar-refractivity contribution in [1.82, 2.24) is 16.0 Å². The molecule has 16 nitrogen and oxygen atoms in total. The zero-order valence-corrected chi connectivity index (χ0v) is 21.4. The normalized spacial score (nSPS) is 13.0. The molecule has 216 valence electrons. The molecule has 0 radical (unpaired) electrons. The van der Waals surface area contributed by atoms with Crippen LogP contribution in [0, 0.1) is 0 Å². The van der Waals surface area contributed by atoms with Crippen molar-refractivity contribution < 1.29 is 54.3 Å². The maximum absolute atomic E-state index is 12.5. The molecule has 1 aromatic carbocycles. The number of thioether (sulfide) groups is 1. The Hall–Kier alpha value is -4.09. The molecular weight excluding hydrogens is 542 g/mol. The summed E-state index contributed by atoms with van der Waals surface area (Å²) < 4.78 is 0. The highest BCUT2D eigenvalue weighted by molar-refractivity contribution is 7.99. The van der Waals surface area contributed by atoms with E-state index in [9.17, 15) is 44.1 Å². The van der Waals surface area contributed by atoms with Crippen LogP contribution < -0.4 is 27.4 Å². The molecule has 0 aliphatic carbocycles. The summed E-state index contributed by atoms with van der Waals surface area (Å²) in [5.74, 6) is -7.79. The van der Waals surface area contributed by atoms with Gasteiger partial charge in [0.05, 0.1) is 4.90 Å². The highest BCUT2D eigenvalue weighted by Gasteiger charge is 2.25. The first-order chi connectivity index (χ1) is 18.2. The lowest BCUT2D eigenvalue weighted by Crippen LogP contribution is -2.49. The maximum atomic E-state index is 12.5. The van der Waals surface area contributed by atoms with Gasteiger partial charge in [-0.05, 0) is 24.1 Å². The summed E-state index contributed by atoms with van der Waals surface area (Å²) in [4.78, 5) is 69.8. The highest BCUT2D eigenvalue weighted by atomic mass is 32.2. The molecule has 3 atom stereocenters. The van der Waals surface area contributed by atoms with Gasteiger partial charge in [0.2, 0.25) is 17.7 Å². The minimum atomic E-state index is -1.38. The summed E-state index contributed by atoms with van der Waals surface area (Å²) in [5, 5.41) is 54.2. The van der Waals surface area contributed by atoms with Crippen LogP contribution in [-0.4, -0.2) is 98.1 Å². The van der Waals surface area contributed by atoms with Crippen molar-refractivity contribution in [3.8, 4) is 11.5 Å². The van der Waals surface area contributed by atoms with Crippen molar-refractivity contribution in [2.45, 2.75) is 48.7 Å². The van der Waals surface area contributed by atoms with Crippen molar-refractivity contribution in [3.05, 3.63) is 17.7 Å². The SMILES string of the molecule is NCCC(=O)N[C@H](Cc1cc(O)c(O)c(SC[C@H](NC(=O)CC[C@H](N)C(=O)O)C(=O)NCC(=O)O)c1)C(=O)O. The van der Waals surface area contributed by atoms with Gasteiger partial charge >= 0.3 is 17.9 Å². The lowest BCUT2D eigenvalue weighted by atomic mass is 10.0. The van der Waals surface area contributed by atoms with Crippen LogP contribution in [0.1, 0.15) is 24.8 Å². The molecule has 17 heteroatoms. The molecule has 0 fully saturated rings. The number of rotatable bonds is 17. The van der Waals surface area contributed by atoms with Crippen LogP contribution in [0.25, 0.3) is 0 Å². The number of carbonyl (C=O) groups is 6. The number of hydrogen-bond acceptors (Lipinski definition) is 11. The first-order valence-electron chi connectivity index (χ1n) is 11.4. The van der Waals surface area contributed by atoms with E-state index in [0.717, 1.165) is 17.8 Å². The Balaban J connectivity index is 3.07. The number of aliphatic carboxylic acids is 3. The summed E-state index contributed by atoms with van der Waals surface area (Å²) in [6.45, 7) is -0.753. The van der Waals surface area contributed by atoms with Crippen molar-refractivity contribution >= 4 is 47.4 Å². The second kappa shape index (κ2) is 16.0. The van der Waals surface area contributed by atoms with E-state index in [-0.39, 0.29) is 48.4 Å². The fraction of sp³-hybridized carbons (Fsp3) is 0.455. The lowest BCUT2D eigenvalue weighted by molar-refractivity contribution is -0.141. The van der Waals surface area contributed by atoms with Crippen LogP contribution in [-0.2, 0) is 35.2 Å². The number of phenolic OH excluding ortho intramolecular Hbond substituents is 2. The molecule has 0 aliphatic heterocycles. The number of hydrogen-bond donors (Lipinski definition) is 10. The first-order valence-corrected chi connectivity index (χ1v) is 12.4. The topological polar surface area (TPSA) is 292 Å². The second-order valence-electron chi connectivity index (χ2n) is 8.19. The number of nitrogens with one attached hydrogen (secondary N) is 3. The van der Waals surface area contributed by atoms with Gasteiger partial charge in [-0.3, -0.25) is 24.0 Å². The van der Waals surface area contributed by atoms with Gasteiger partial charge in [-0.2, -0.15) is 0 Å². The Morgan fingerprint density at radius 2 is 1.51 bits per heavy atom. The van der Waals surface area contributed by atoms with Gasteiger partial charge in [-0.1, -0.05) is 0 Å².